The Morgan fingerprint density at radius 3 is 2.46 bits per heavy atom. The van der Waals surface area contributed by atoms with Crippen LogP contribution in [0.3, 0.4) is 0 Å². The summed E-state index contributed by atoms with van der Waals surface area (Å²) in [5.74, 6) is -2.10. The predicted octanol–water partition coefficient (Wildman–Crippen LogP) is 5.24. The normalized spacial score (nSPS) is 11.1. The van der Waals surface area contributed by atoms with Crippen molar-refractivity contribution in [2.75, 3.05) is 42.1 Å². The Morgan fingerprint density at radius 1 is 1.11 bits per heavy atom. The van der Waals surface area contributed by atoms with Crippen LogP contribution >= 0.6 is 24.0 Å². The molecule has 37 heavy (non-hydrogen) atoms. The molecule has 0 spiro atoms. The van der Waals surface area contributed by atoms with Gasteiger partial charge in [-0.25, -0.2) is 22.2 Å². The molecule has 0 bridgehead atoms. The maximum Gasteiger partial charge on any atom is 0.387 e. The Kier molecular flexibility index (Phi) is 10.6. The number of ether oxygens (including phenoxy) is 1. The van der Waals surface area contributed by atoms with Crippen molar-refractivity contribution in [2.45, 2.75) is 11.5 Å². The number of sulfonamides is 1. The summed E-state index contributed by atoms with van der Waals surface area (Å²) in [6.07, 6.45) is 0.803. The molecule has 1 heterocycles. The topological polar surface area (TPSA) is 95.6 Å². The number of pyridine rings is 1. The van der Waals surface area contributed by atoms with Gasteiger partial charge in [0.25, 0.3) is 10.0 Å². The molecule has 3 rings (SSSR count). The van der Waals surface area contributed by atoms with Crippen molar-refractivity contribution >= 4 is 56.9 Å². The summed E-state index contributed by atoms with van der Waals surface area (Å²) in [4.78, 5) is 4.58. The van der Waals surface area contributed by atoms with Crippen molar-refractivity contribution < 1.29 is 30.7 Å². The van der Waals surface area contributed by atoms with Gasteiger partial charge in [0.2, 0.25) is 0 Å². The van der Waals surface area contributed by atoms with E-state index in [2.05, 4.69) is 25.1 Å². The van der Waals surface area contributed by atoms with E-state index in [1.807, 2.05) is 0 Å². The number of likely N-dealkylation sites (N-methyl/N-ethyl adjacent to an activating group) is 2. The van der Waals surface area contributed by atoms with Gasteiger partial charge in [0, 0.05) is 32.3 Å². The fraction of sp³-hybridized carbons (Fsp3) is 0.227. The maximum atomic E-state index is 14.9. The van der Waals surface area contributed by atoms with E-state index in [0.717, 1.165) is 30.5 Å². The van der Waals surface area contributed by atoms with Crippen LogP contribution in [-0.4, -0.2) is 47.2 Å². The van der Waals surface area contributed by atoms with Gasteiger partial charge in [-0.3, -0.25) is 4.72 Å². The third-order valence-corrected chi connectivity index (χ3v) is 6.53. The Balaban J connectivity index is 0.00000481. The molecular formula is C22H23Cl2F4N5O3S. The van der Waals surface area contributed by atoms with Gasteiger partial charge >= 0.3 is 6.61 Å². The van der Waals surface area contributed by atoms with Crippen LogP contribution in [0.1, 0.15) is 0 Å². The van der Waals surface area contributed by atoms with Crippen LogP contribution in [0, 0.1) is 11.6 Å². The highest BCUT2D eigenvalue weighted by Crippen LogP contribution is 2.36. The van der Waals surface area contributed by atoms with E-state index < -0.39 is 33.2 Å². The molecule has 202 valence electrons. The summed E-state index contributed by atoms with van der Waals surface area (Å²) in [7, 11) is -0.971. The summed E-state index contributed by atoms with van der Waals surface area (Å²) >= 11 is 6.26. The van der Waals surface area contributed by atoms with Crippen molar-refractivity contribution in [3.05, 3.63) is 65.3 Å². The summed E-state index contributed by atoms with van der Waals surface area (Å²) in [6, 6.07) is 7.99. The van der Waals surface area contributed by atoms with Crippen molar-refractivity contribution in [2.24, 2.45) is 0 Å². The van der Waals surface area contributed by atoms with Gasteiger partial charge in [-0.15, -0.1) is 12.4 Å². The van der Waals surface area contributed by atoms with Gasteiger partial charge in [-0.1, -0.05) is 11.6 Å². The lowest BCUT2D eigenvalue weighted by Gasteiger charge is -2.24. The monoisotopic (exact) mass is 583 g/mol. The second-order valence-electron chi connectivity index (χ2n) is 7.44. The van der Waals surface area contributed by atoms with Crippen LogP contribution < -0.4 is 25.0 Å². The molecule has 8 nitrogen and oxygen atoms in total. The minimum absolute atomic E-state index is 0. The highest BCUT2D eigenvalue weighted by Gasteiger charge is 2.23. The van der Waals surface area contributed by atoms with Crippen molar-refractivity contribution in [3.8, 4) is 5.75 Å². The van der Waals surface area contributed by atoms with Crippen LogP contribution in [0.25, 0.3) is 0 Å². The second kappa shape index (κ2) is 13.0. The Labute approximate surface area is 222 Å². The molecule has 0 unspecified atom stereocenters. The van der Waals surface area contributed by atoms with E-state index in [1.165, 1.54) is 18.2 Å². The van der Waals surface area contributed by atoms with E-state index in [-0.39, 0.29) is 34.7 Å². The molecule has 3 aromatic rings. The molecule has 0 aliphatic heterocycles. The van der Waals surface area contributed by atoms with Crippen LogP contribution in [0.5, 0.6) is 5.75 Å². The molecule has 1 aromatic heterocycles. The van der Waals surface area contributed by atoms with Gasteiger partial charge in [0.1, 0.15) is 28.1 Å². The molecule has 2 aromatic carbocycles. The van der Waals surface area contributed by atoms with E-state index >= 15 is 0 Å². The Morgan fingerprint density at radius 2 is 1.84 bits per heavy atom. The first-order chi connectivity index (χ1) is 17.0. The molecule has 0 amide bonds. The first-order valence-corrected chi connectivity index (χ1v) is 12.2. The zero-order valence-corrected chi connectivity index (χ0v) is 21.8. The molecule has 0 fully saturated rings. The van der Waals surface area contributed by atoms with Crippen molar-refractivity contribution in [3.63, 3.8) is 0 Å². The predicted molar refractivity (Wildman–Crippen MR) is 137 cm³/mol. The quantitative estimate of drug-likeness (QED) is 0.266. The molecule has 0 atom stereocenters. The number of rotatable bonds is 11. The molecular weight excluding hydrogens is 561 g/mol. The Bertz CT molecular complexity index is 1320. The van der Waals surface area contributed by atoms with Gasteiger partial charge in [-0.2, -0.15) is 8.78 Å². The first kappa shape index (κ1) is 30.2. The second-order valence-corrected chi connectivity index (χ2v) is 9.50. The molecule has 0 saturated heterocycles. The fourth-order valence-electron chi connectivity index (χ4n) is 3.11. The standard InChI is InChI=1S/C22H22ClF4N5O3S.ClH/c1-28-7-8-32(2)19-9-14(35-22(26)27)4-5-17(19)30-18-11-16(25)20(10-15(18)23)36(33,34)31-21-6-3-13(24)12-29-21;/h3-6,9-12,22,28,30H,7-8H2,1-2H3,(H,29,31);1H. The van der Waals surface area contributed by atoms with Gasteiger partial charge in [0.05, 0.1) is 28.3 Å². The molecule has 0 aliphatic carbocycles. The van der Waals surface area contributed by atoms with Gasteiger partial charge in [0.15, 0.2) is 0 Å². The van der Waals surface area contributed by atoms with Gasteiger partial charge < -0.3 is 20.3 Å². The SMILES string of the molecule is CNCCN(C)c1cc(OC(F)F)ccc1Nc1cc(F)c(S(=O)(=O)Nc2ccc(F)cn2)cc1Cl.Cl. The fourth-order valence-corrected chi connectivity index (χ4v) is 4.48. The van der Waals surface area contributed by atoms with Crippen molar-refractivity contribution in [1.29, 1.82) is 0 Å². The number of hydrogen-bond donors (Lipinski definition) is 3. The number of nitrogens with one attached hydrogen (secondary N) is 3. The number of halogens is 6. The molecule has 0 saturated carbocycles. The average Bonchev–Trinajstić information content (AvgIpc) is 2.81. The smallest absolute Gasteiger partial charge is 0.387 e. The largest absolute Gasteiger partial charge is 0.435 e. The number of nitrogens with zero attached hydrogens (tertiary/aromatic N) is 2. The lowest BCUT2D eigenvalue weighted by atomic mass is 10.2. The lowest BCUT2D eigenvalue weighted by Crippen LogP contribution is -2.27. The molecule has 3 N–H and O–H groups in total. The third-order valence-electron chi connectivity index (χ3n) is 4.85. The minimum Gasteiger partial charge on any atom is -0.435 e. The van der Waals surface area contributed by atoms with E-state index in [1.54, 1.807) is 19.0 Å². The number of hydrogen-bond acceptors (Lipinski definition) is 7. The van der Waals surface area contributed by atoms with E-state index in [9.17, 15) is 26.0 Å². The summed E-state index contributed by atoms with van der Waals surface area (Å²) in [5.41, 5.74) is 0.847. The lowest BCUT2D eigenvalue weighted by molar-refractivity contribution is -0.0498. The summed E-state index contributed by atoms with van der Waals surface area (Å²) < 4.78 is 85.2. The molecule has 0 aliphatic rings. The Hall–Kier alpha value is -3.00. The zero-order valence-electron chi connectivity index (χ0n) is 19.4. The maximum absolute atomic E-state index is 14.9. The van der Waals surface area contributed by atoms with Crippen LogP contribution in [-0.2, 0) is 10.0 Å². The van der Waals surface area contributed by atoms with Crippen LogP contribution in [0.15, 0.2) is 53.6 Å². The molecule has 15 heteroatoms. The number of benzene rings is 2. The van der Waals surface area contributed by atoms with Gasteiger partial charge in [-0.05, 0) is 37.4 Å². The molecule has 0 radical (unpaired) electrons. The van der Waals surface area contributed by atoms with E-state index in [0.29, 0.717) is 24.5 Å². The van der Waals surface area contributed by atoms with Crippen molar-refractivity contribution in [1.82, 2.24) is 10.3 Å². The highest BCUT2D eigenvalue weighted by atomic mass is 35.5. The van der Waals surface area contributed by atoms with Crippen LogP contribution in [0.4, 0.5) is 40.4 Å². The highest BCUT2D eigenvalue weighted by molar-refractivity contribution is 7.92. The number of anilines is 4. The van der Waals surface area contributed by atoms with E-state index in [4.69, 9.17) is 11.6 Å². The third kappa shape index (κ3) is 7.99. The van der Waals surface area contributed by atoms with Crippen LogP contribution in [0.2, 0.25) is 5.02 Å². The summed E-state index contributed by atoms with van der Waals surface area (Å²) in [6.45, 7) is -1.95. The zero-order chi connectivity index (χ0) is 26.5. The summed E-state index contributed by atoms with van der Waals surface area (Å²) in [5, 5.41) is 5.74. The minimum atomic E-state index is -4.44. The average molecular weight is 584 g/mol. The first-order valence-electron chi connectivity index (χ1n) is 10.3. The number of aromatic nitrogens is 1. The number of alkyl halides is 2.